The molecule has 0 bridgehead atoms. The van der Waals surface area contributed by atoms with Gasteiger partial charge in [-0.1, -0.05) is 0 Å². The second kappa shape index (κ2) is 6.77. The summed E-state index contributed by atoms with van der Waals surface area (Å²) < 4.78 is 38.3. The van der Waals surface area contributed by atoms with E-state index in [4.69, 9.17) is 14.2 Å². The second-order valence-electron chi connectivity index (χ2n) is 7.76. The van der Waals surface area contributed by atoms with Gasteiger partial charge in [0.15, 0.2) is 15.9 Å². The number of β-lactam (4-membered cyclic amide) rings is 1. The summed E-state index contributed by atoms with van der Waals surface area (Å²) in [7, 11) is -4.00. The number of hydrogen-bond acceptors (Lipinski definition) is 9. The maximum absolute atomic E-state index is 12.8. The number of amides is 1. The molecule has 0 aromatic rings. The van der Waals surface area contributed by atoms with Gasteiger partial charge in [0.25, 0.3) is 0 Å². The van der Waals surface area contributed by atoms with E-state index in [-0.39, 0.29) is 6.42 Å². The largest absolute Gasteiger partial charge is 0.464 e. The summed E-state index contributed by atoms with van der Waals surface area (Å²) >= 11 is 0. The van der Waals surface area contributed by atoms with Crippen LogP contribution in [0, 0.1) is 5.41 Å². The van der Waals surface area contributed by atoms with Crippen molar-refractivity contribution < 1.29 is 41.8 Å². The summed E-state index contributed by atoms with van der Waals surface area (Å²) in [5, 5.41) is -1.17. The Morgan fingerprint density at radius 3 is 2.26 bits per heavy atom. The zero-order valence-corrected chi connectivity index (χ0v) is 16.6. The lowest BCUT2D eigenvalue weighted by Gasteiger charge is -2.36. The van der Waals surface area contributed by atoms with Crippen LogP contribution in [0.25, 0.3) is 0 Å². The number of sulfone groups is 1. The average molecular weight is 405 g/mol. The Hall–Kier alpha value is -2.17. The highest BCUT2D eigenvalue weighted by Crippen LogP contribution is 2.46. The molecule has 0 N–H and O–H groups in total. The molecule has 2 aliphatic rings. The van der Waals surface area contributed by atoms with Crippen molar-refractivity contribution in [1.82, 2.24) is 4.90 Å². The summed E-state index contributed by atoms with van der Waals surface area (Å²) in [6.45, 7) is 5.84. The van der Waals surface area contributed by atoms with Crippen molar-refractivity contribution in [1.29, 1.82) is 0 Å². The fourth-order valence-electron chi connectivity index (χ4n) is 2.94. The van der Waals surface area contributed by atoms with Crippen molar-refractivity contribution >= 4 is 33.7 Å². The van der Waals surface area contributed by atoms with Crippen LogP contribution in [0.2, 0.25) is 0 Å². The Morgan fingerprint density at radius 1 is 1.19 bits per heavy atom. The van der Waals surface area contributed by atoms with Crippen LogP contribution >= 0.6 is 0 Å². The topological polar surface area (TPSA) is 133 Å². The highest BCUT2D eigenvalue weighted by Gasteiger charge is 2.70. The van der Waals surface area contributed by atoms with Gasteiger partial charge >= 0.3 is 17.9 Å². The summed E-state index contributed by atoms with van der Waals surface area (Å²) in [5.41, 5.74) is -0.814. The number of carbonyl (C=O) groups excluding carboxylic acids is 4. The quantitative estimate of drug-likeness (QED) is 0.345. The molecule has 0 aromatic carbocycles. The van der Waals surface area contributed by atoms with E-state index < -0.39 is 68.6 Å². The summed E-state index contributed by atoms with van der Waals surface area (Å²) in [4.78, 5) is 48.3. The number of hydrogen-bond donors (Lipinski definition) is 0. The third-order valence-corrected chi connectivity index (χ3v) is 7.35. The highest BCUT2D eigenvalue weighted by molar-refractivity contribution is 7.94. The molecule has 27 heavy (non-hydrogen) atoms. The standard InChI is InChI=1S/C16H23NO9S/c1-9(18)24-7-16(5)12(17-10(19)6-11(17)27(16,22)23)13(20)25-8-26-14(21)15(2,3)4/h11-12H,6-8H2,1-5H3/t11-,12+,16+/m1/s1. The molecule has 2 aliphatic heterocycles. The number of esters is 3. The van der Waals surface area contributed by atoms with Gasteiger partial charge in [-0.3, -0.25) is 14.4 Å². The number of carbonyl (C=O) groups is 4. The molecule has 1 amide bonds. The molecule has 2 rings (SSSR count). The van der Waals surface area contributed by atoms with Crippen LogP contribution in [-0.2, 0) is 43.2 Å². The number of fused-ring (bicyclic) bond motifs is 1. The van der Waals surface area contributed by atoms with Crippen molar-refractivity contribution in [3.63, 3.8) is 0 Å². The third kappa shape index (κ3) is 3.52. The first-order valence-corrected chi connectivity index (χ1v) is 9.80. The van der Waals surface area contributed by atoms with E-state index in [0.29, 0.717) is 0 Å². The smallest absolute Gasteiger partial charge is 0.333 e. The number of ether oxygens (including phenoxy) is 3. The van der Waals surface area contributed by atoms with Crippen LogP contribution < -0.4 is 0 Å². The fraction of sp³-hybridized carbons (Fsp3) is 0.750. The monoisotopic (exact) mass is 405 g/mol. The Labute approximate surface area is 157 Å². The molecule has 11 heteroatoms. The van der Waals surface area contributed by atoms with E-state index in [2.05, 4.69) is 0 Å². The van der Waals surface area contributed by atoms with Crippen molar-refractivity contribution in [3.05, 3.63) is 0 Å². The normalized spacial score (nSPS) is 28.8. The lowest BCUT2D eigenvalue weighted by molar-refractivity contribution is -0.180. The highest BCUT2D eigenvalue weighted by atomic mass is 32.2. The van der Waals surface area contributed by atoms with Crippen LogP contribution in [0.15, 0.2) is 0 Å². The van der Waals surface area contributed by atoms with Crippen molar-refractivity contribution in [2.45, 2.75) is 57.2 Å². The van der Waals surface area contributed by atoms with Crippen molar-refractivity contribution in [2.24, 2.45) is 5.41 Å². The molecule has 3 atom stereocenters. The lowest BCUT2D eigenvalue weighted by Crippen LogP contribution is -2.58. The minimum atomic E-state index is -4.00. The van der Waals surface area contributed by atoms with E-state index in [1.165, 1.54) is 6.92 Å². The molecule has 152 valence electrons. The van der Waals surface area contributed by atoms with Gasteiger partial charge in [-0.05, 0) is 27.7 Å². The SMILES string of the molecule is CC(=O)OC[C@@]1(C)[C@H](C(=O)OCOC(=O)C(C)(C)C)N2C(=O)C[C@H]2S1(=O)=O. The van der Waals surface area contributed by atoms with Crippen LogP contribution in [0.5, 0.6) is 0 Å². The molecule has 0 unspecified atom stereocenters. The maximum atomic E-state index is 12.8. The van der Waals surface area contributed by atoms with Crippen LogP contribution in [0.4, 0.5) is 0 Å². The Balaban J connectivity index is 2.20. The van der Waals surface area contributed by atoms with Gasteiger partial charge in [0.05, 0.1) is 11.8 Å². The molecule has 0 saturated carbocycles. The average Bonchev–Trinajstić information content (AvgIpc) is 2.66. The summed E-state index contributed by atoms with van der Waals surface area (Å²) in [6, 6.07) is -1.50. The van der Waals surface area contributed by atoms with Gasteiger partial charge in [-0.15, -0.1) is 0 Å². The molecule has 0 aromatic heterocycles. The summed E-state index contributed by atoms with van der Waals surface area (Å²) in [6.07, 6.45) is -0.249. The third-order valence-electron chi connectivity index (χ3n) is 4.60. The van der Waals surface area contributed by atoms with E-state index in [1.54, 1.807) is 20.8 Å². The van der Waals surface area contributed by atoms with E-state index in [0.717, 1.165) is 11.8 Å². The molecule has 2 heterocycles. The van der Waals surface area contributed by atoms with E-state index in [9.17, 15) is 27.6 Å². The fourth-order valence-corrected chi connectivity index (χ4v) is 5.20. The zero-order chi connectivity index (χ0) is 20.8. The number of rotatable bonds is 5. The van der Waals surface area contributed by atoms with Gasteiger partial charge in [-0.25, -0.2) is 13.2 Å². The van der Waals surface area contributed by atoms with Gasteiger partial charge in [0, 0.05) is 6.92 Å². The Morgan fingerprint density at radius 2 is 1.78 bits per heavy atom. The second-order valence-corrected chi connectivity index (χ2v) is 10.3. The van der Waals surface area contributed by atoms with E-state index >= 15 is 0 Å². The molecule has 2 fully saturated rings. The predicted molar refractivity (Wildman–Crippen MR) is 89.5 cm³/mol. The molecule has 0 aliphatic carbocycles. The molecular formula is C16H23NO9S. The minimum Gasteiger partial charge on any atom is -0.464 e. The van der Waals surface area contributed by atoms with Gasteiger partial charge < -0.3 is 19.1 Å². The molecule has 10 nitrogen and oxygen atoms in total. The van der Waals surface area contributed by atoms with Crippen LogP contribution in [0.3, 0.4) is 0 Å². The van der Waals surface area contributed by atoms with Gasteiger partial charge in [0.1, 0.15) is 16.7 Å². The molecular weight excluding hydrogens is 382 g/mol. The Kier molecular flexibility index (Phi) is 5.30. The first-order chi connectivity index (χ1) is 12.2. The van der Waals surface area contributed by atoms with Gasteiger partial charge in [0.2, 0.25) is 12.7 Å². The van der Waals surface area contributed by atoms with Crippen LogP contribution in [0.1, 0.15) is 41.0 Å². The first-order valence-electron chi connectivity index (χ1n) is 8.25. The van der Waals surface area contributed by atoms with Gasteiger partial charge in [-0.2, -0.15) is 0 Å². The predicted octanol–water partition coefficient (Wildman–Crippen LogP) is -0.246. The van der Waals surface area contributed by atoms with E-state index in [1.807, 2.05) is 0 Å². The lowest BCUT2D eigenvalue weighted by atomic mass is 9.97. The minimum absolute atomic E-state index is 0.249. The molecule has 2 saturated heterocycles. The van der Waals surface area contributed by atoms with Crippen molar-refractivity contribution in [2.75, 3.05) is 13.4 Å². The van der Waals surface area contributed by atoms with Crippen LogP contribution in [-0.4, -0.2) is 66.7 Å². The summed E-state index contributed by atoms with van der Waals surface area (Å²) in [5.74, 6) is -2.91. The first kappa shape index (κ1) is 21.1. The zero-order valence-electron chi connectivity index (χ0n) is 15.8. The molecule has 0 spiro atoms. The maximum Gasteiger partial charge on any atom is 0.333 e. The number of nitrogens with zero attached hydrogens (tertiary/aromatic N) is 1. The molecule has 0 radical (unpaired) electrons. The Bertz CT molecular complexity index is 782. The van der Waals surface area contributed by atoms with Crippen molar-refractivity contribution in [3.8, 4) is 0 Å².